The second-order valence-corrected chi connectivity index (χ2v) is 6.01. The maximum Gasteiger partial charge on any atom is 0.227 e. The molecule has 0 atom stereocenters. The van der Waals surface area contributed by atoms with Crippen LogP contribution in [0.2, 0.25) is 5.02 Å². The number of rotatable bonds is 5. The number of halogens is 1. The highest BCUT2D eigenvalue weighted by atomic mass is 35.5. The molecule has 0 spiro atoms. The van der Waals surface area contributed by atoms with Crippen LogP contribution in [0.5, 0.6) is 0 Å². The SMILES string of the molecule is C=CCNC(=O)C1CCC(C(=O)Nc2ccc(Cl)cc2)CC1. The zero-order valence-corrected chi connectivity index (χ0v) is 13.2. The van der Waals surface area contributed by atoms with E-state index in [4.69, 9.17) is 11.6 Å². The lowest BCUT2D eigenvalue weighted by molar-refractivity contribution is -0.128. The number of hydrogen-bond donors (Lipinski definition) is 2. The molecule has 1 aliphatic rings. The summed E-state index contributed by atoms with van der Waals surface area (Å²) in [5.41, 5.74) is 0.750. The first-order valence-corrected chi connectivity index (χ1v) is 7.93. The van der Waals surface area contributed by atoms with E-state index < -0.39 is 0 Å². The Morgan fingerprint density at radius 3 is 2.18 bits per heavy atom. The van der Waals surface area contributed by atoms with E-state index in [0.717, 1.165) is 31.4 Å². The Labute approximate surface area is 135 Å². The van der Waals surface area contributed by atoms with Crippen LogP contribution in [0.3, 0.4) is 0 Å². The number of carbonyl (C=O) groups is 2. The summed E-state index contributed by atoms with van der Waals surface area (Å²) in [6.07, 6.45) is 4.66. The largest absolute Gasteiger partial charge is 0.352 e. The summed E-state index contributed by atoms with van der Waals surface area (Å²) >= 11 is 5.82. The molecule has 0 saturated heterocycles. The van der Waals surface area contributed by atoms with E-state index in [0.29, 0.717) is 11.6 Å². The van der Waals surface area contributed by atoms with Crippen molar-refractivity contribution in [2.45, 2.75) is 25.7 Å². The van der Waals surface area contributed by atoms with Gasteiger partial charge in [0, 0.05) is 29.1 Å². The molecule has 1 aromatic rings. The van der Waals surface area contributed by atoms with Gasteiger partial charge in [0.05, 0.1) is 0 Å². The molecule has 1 saturated carbocycles. The number of nitrogens with one attached hydrogen (secondary N) is 2. The molecule has 4 nitrogen and oxygen atoms in total. The highest BCUT2D eigenvalue weighted by Crippen LogP contribution is 2.30. The summed E-state index contributed by atoms with van der Waals surface area (Å²) in [5.74, 6) is 0.0717. The maximum absolute atomic E-state index is 12.2. The second kappa shape index (κ2) is 7.99. The molecular formula is C17H21ClN2O2. The highest BCUT2D eigenvalue weighted by Gasteiger charge is 2.29. The van der Waals surface area contributed by atoms with Crippen LogP contribution in [-0.2, 0) is 9.59 Å². The minimum absolute atomic E-state index is 0.0135. The lowest BCUT2D eigenvalue weighted by Crippen LogP contribution is -2.35. The van der Waals surface area contributed by atoms with Crippen LogP contribution < -0.4 is 10.6 Å². The molecule has 0 radical (unpaired) electrons. The van der Waals surface area contributed by atoms with Crippen LogP contribution in [-0.4, -0.2) is 18.4 Å². The van der Waals surface area contributed by atoms with E-state index in [9.17, 15) is 9.59 Å². The Kier molecular flexibility index (Phi) is 6.01. The Morgan fingerprint density at radius 1 is 1.09 bits per heavy atom. The van der Waals surface area contributed by atoms with E-state index >= 15 is 0 Å². The van der Waals surface area contributed by atoms with Crippen LogP contribution in [0.25, 0.3) is 0 Å². The van der Waals surface area contributed by atoms with E-state index in [-0.39, 0.29) is 23.7 Å². The normalized spacial score (nSPS) is 21.0. The Bertz CT molecular complexity index is 534. The number of amides is 2. The van der Waals surface area contributed by atoms with Gasteiger partial charge in [-0.3, -0.25) is 9.59 Å². The van der Waals surface area contributed by atoms with Crippen LogP contribution >= 0.6 is 11.6 Å². The van der Waals surface area contributed by atoms with Crippen LogP contribution in [0, 0.1) is 11.8 Å². The minimum atomic E-state index is -0.0286. The van der Waals surface area contributed by atoms with E-state index in [1.165, 1.54) is 0 Å². The van der Waals surface area contributed by atoms with Gasteiger partial charge in [-0.1, -0.05) is 17.7 Å². The lowest BCUT2D eigenvalue weighted by atomic mass is 9.81. The summed E-state index contributed by atoms with van der Waals surface area (Å²) in [5, 5.41) is 6.37. The number of hydrogen-bond acceptors (Lipinski definition) is 2. The third-order valence-electron chi connectivity index (χ3n) is 4.00. The Hall–Kier alpha value is -1.81. The van der Waals surface area contributed by atoms with Crippen molar-refractivity contribution in [1.29, 1.82) is 0 Å². The molecule has 1 aromatic carbocycles. The molecule has 0 aliphatic heterocycles. The topological polar surface area (TPSA) is 58.2 Å². The second-order valence-electron chi connectivity index (χ2n) is 5.58. The molecule has 1 fully saturated rings. The summed E-state index contributed by atoms with van der Waals surface area (Å²) in [6.45, 7) is 4.08. The predicted molar refractivity (Wildman–Crippen MR) is 88.7 cm³/mol. The first-order chi connectivity index (χ1) is 10.6. The molecular weight excluding hydrogens is 300 g/mol. The number of anilines is 1. The predicted octanol–water partition coefficient (Wildman–Crippen LogP) is 3.39. The summed E-state index contributed by atoms with van der Waals surface area (Å²) in [4.78, 5) is 24.1. The van der Waals surface area contributed by atoms with Gasteiger partial charge < -0.3 is 10.6 Å². The van der Waals surface area contributed by atoms with Crippen LogP contribution in [0.4, 0.5) is 5.69 Å². The van der Waals surface area contributed by atoms with Gasteiger partial charge in [0.1, 0.15) is 0 Å². The van der Waals surface area contributed by atoms with Crippen molar-refractivity contribution in [2.24, 2.45) is 11.8 Å². The fourth-order valence-corrected chi connectivity index (χ4v) is 2.84. The zero-order chi connectivity index (χ0) is 15.9. The molecule has 0 unspecified atom stereocenters. The average Bonchev–Trinajstić information content (AvgIpc) is 2.55. The smallest absolute Gasteiger partial charge is 0.227 e. The molecule has 0 bridgehead atoms. The zero-order valence-electron chi connectivity index (χ0n) is 12.5. The summed E-state index contributed by atoms with van der Waals surface area (Å²) in [6, 6.07) is 7.07. The lowest BCUT2D eigenvalue weighted by Gasteiger charge is -2.27. The summed E-state index contributed by atoms with van der Waals surface area (Å²) in [7, 11) is 0. The standard InChI is InChI=1S/C17H21ClN2O2/c1-2-11-19-16(21)12-3-5-13(6-4-12)17(22)20-15-9-7-14(18)8-10-15/h2,7-10,12-13H,1,3-6,11H2,(H,19,21)(H,20,22). The molecule has 5 heteroatoms. The Balaban J connectivity index is 1.80. The van der Waals surface area contributed by atoms with Gasteiger partial charge in [0.25, 0.3) is 0 Å². The quantitative estimate of drug-likeness (QED) is 0.817. The van der Waals surface area contributed by atoms with Crippen LogP contribution in [0.1, 0.15) is 25.7 Å². The van der Waals surface area contributed by atoms with Crippen molar-refractivity contribution in [3.63, 3.8) is 0 Å². The van der Waals surface area contributed by atoms with Gasteiger partial charge in [-0.15, -0.1) is 6.58 Å². The van der Waals surface area contributed by atoms with Crippen molar-refractivity contribution in [3.8, 4) is 0 Å². The van der Waals surface area contributed by atoms with E-state index in [2.05, 4.69) is 17.2 Å². The van der Waals surface area contributed by atoms with E-state index in [1.54, 1.807) is 30.3 Å². The molecule has 0 aromatic heterocycles. The van der Waals surface area contributed by atoms with Crippen molar-refractivity contribution in [1.82, 2.24) is 5.32 Å². The van der Waals surface area contributed by atoms with Crippen LogP contribution in [0.15, 0.2) is 36.9 Å². The minimum Gasteiger partial charge on any atom is -0.352 e. The van der Waals surface area contributed by atoms with Gasteiger partial charge in [0.2, 0.25) is 11.8 Å². The van der Waals surface area contributed by atoms with Gasteiger partial charge in [-0.2, -0.15) is 0 Å². The van der Waals surface area contributed by atoms with Gasteiger partial charge in [0.15, 0.2) is 0 Å². The van der Waals surface area contributed by atoms with Gasteiger partial charge >= 0.3 is 0 Å². The van der Waals surface area contributed by atoms with Crippen molar-refractivity contribution < 1.29 is 9.59 Å². The fraction of sp³-hybridized carbons (Fsp3) is 0.412. The van der Waals surface area contributed by atoms with Gasteiger partial charge in [-0.25, -0.2) is 0 Å². The average molecular weight is 321 g/mol. The van der Waals surface area contributed by atoms with Crippen molar-refractivity contribution in [3.05, 3.63) is 41.9 Å². The molecule has 118 valence electrons. The summed E-state index contributed by atoms with van der Waals surface area (Å²) < 4.78 is 0. The number of carbonyl (C=O) groups excluding carboxylic acids is 2. The molecule has 1 aliphatic carbocycles. The molecule has 2 amide bonds. The maximum atomic E-state index is 12.2. The molecule has 2 N–H and O–H groups in total. The molecule has 0 heterocycles. The monoisotopic (exact) mass is 320 g/mol. The van der Waals surface area contributed by atoms with Gasteiger partial charge in [-0.05, 0) is 49.9 Å². The molecule has 22 heavy (non-hydrogen) atoms. The van der Waals surface area contributed by atoms with E-state index in [1.807, 2.05) is 0 Å². The fourth-order valence-electron chi connectivity index (χ4n) is 2.71. The Morgan fingerprint density at radius 2 is 1.64 bits per heavy atom. The molecule has 2 rings (SSSR count). The number of benzene rings is 1. The van der Waals surface area contributed by atoms with Crippen molar-refractivity contribution >= 4 is 29.1 Å². The first-order valence-electron chi connectivity index (χ1n) is 7.55. The van der Waals surface area contributed by atoms with Crippen molar-refractivity contribution in [2.75, 3.05) is 11.9 Å². The first kappa shape index (κ1) is 16.6. The highest BCUT2D eigenvalue weighted by molar-refractivity contribution is 6.30. The third-order valence-corrected chi connectivity index (χ3v) is 4.25. The third kappa shape index (κ3) is 4.60.